The number of sulfonamides is 1. The number of carbonyl (C=O) groups is 3. The highest BCUT2D eigenvalue weighted by Crippen LogP contribution is 2.29. The SMILES string of the molecule is CC(C)OC(=O)c1cc(C#N)c(N2CCC(C(=O)NS(=O)(=O)CC3CCCC3)CC2)nc1CN1CCCC1=O. The topological polar surface area (TPSA) is 150 Å². The fourth-order valence-electron chi connectivity index (χ4n) is 5.61. The van der Waals surface area contributed by atoms with Crippen molar-refractivity contribution in [1.82, 2.24) is 14.6 Å². The summed E-state index contributed by atoms with van der Waals surface area (Å²) in [5.41, 5.74) is 0.720. The molecule has 0 unspecified atom stereocenters. The van der Waals surface area contributed by atoms with Crippen LogP contribution in [0, 0.1) is 23.2 Å². The molecule has 11 nitrogen and oxygen atoms in total. The lowest BCUT2D eigenvalue weighted by atomic mass is 9.96. The number of esters is 1. The van der Waals surface area contributed by atoms with Crippen LogP contribution in [0.15, 0.2) is 6.07 Å². The number of rotatable bonds is 9. The summed E-state index contributed by atoms with van der Waals surface area (Å²) in [6, 6.07) is 3.59. The van der Waals surface area contributed by atoms with E-state index < -0.39 is 27.8 Å². The Labute approximate surface area is 229 Å². The fourth-order valence-corrected chi connectivity index (χ4v) is 7.12. The lowest BCUT2D eigenvalue weighted by Gasteiger charge is -2.33. The molecule has 2 amide bonds. The summed E-state index contributed by atoms with van der Waals surface area (Å²) >= 11 is 0. The van der Waals surface area contributed by atoms with E-state index in [9.17, 15) is 28.1 Å². The first-order chi connectivity index (χ1) is 18.6. The van der Waals surface area contributed by atoms with Gasteiger partial charge in [0.2, 0.25) is 21.8 Å². The van der Waals surface area contributed by atoms with Crippen LogP contribution in [0.1, 0.15) is 86.8 Å². The number of hydrogen-bond acceptors (Lipinski definition) is 9. The van der Waals surface area contributed by atoms with Crippen molar-refractivity contribution in [3.8, 4) is 6.07 Å². The second-order valence-electron chi connectivity index (χ2n) is 11.0. The average Bonchev–Trinajstić information content (AvgIpc) is 3.54. The molecule has 1 N–H and O–H groups in total. The normalized spacial score (nSPS) is 19.0. The van der Waals surface area contributed by atoms with Gasteiger partial charge in [-0.15, -0.1) is 0 Å². The summed E-state index contributed by atoms with van der Waals surface area (Å²) in [6.07, 6.45) is 5.43. The van der Waals surface area contributed by atoms with Crippen LogP contribution in [0.5, 0.6) is 0 Å². The van der Waals surface area contributed by atoms with Crippen LogP contribution in [0.2, 0.25) is 0 Å². The molecule has 2 aliphatic heterocycles. The smallest absolute Gasteiger partial charge is 0.340 e. The predicted molar refractivity (Wildman–Crippen MR) is 143 cm³/mol. The standard InChI is InChI=1S/C27H37N5O6S/c1-18(2)38-27(35)22-14-21(15-28)25(29-23(22)16-32-11-5-8-24(32)33)31-12-9-20(10-13-31)26(34)30-39(36,37)17-19-6-3-4-7-19/h14,18-20H,3-13,16-17H2,1-2H3,(H,30,34). The maximum atomic E-state index is 12.8. The largest absolute Gasteiger partial charge is 0.459 e. The molecule has 2 saturated heterocycles. The van der Waals surface area contributed by atoms with Crippen molar-refractivity contribution in [2.45, 2.75) is 77.9 Å². The molecule has 0 atom stereocenters. The van der Waals surface area contributed by atoms with Gasteiger partial charge in [-0.2, -0.15) is 5.26 Å². The van der Waals surface area contributed by atoms with Crippen molar-refractivity contribution in [1.29, 1.82) is 5.26 Å². The minimum atomic E-state index is -3.68. The van der Waals surface area contributed by atoms with Gasteiger partial charge in [0, 0.05) is 32.0 Å². The van der Waals surface area contributed by atoms with Crippen molar-refractivity contribution >= 4 is 33.6 Å². The van der Waals surface area contributed by atoms with E-state index in [-0.39, 0.29) is 41.4 Å². The van der Waals surface area contributed by atoms with E-state index in [0.717, 1.165) is 32.1 Å². The fraction of sp³-hybridized carbons (Fsp3) is 0.667. The molecular weight excluding hydrogens is 522 g/mol. The van der Waals surface area contributed by atoms with Gasteiger partial charge < -0.3 is 14.5 Å². The number of nitrogens with one attached hydrogen (secondary N) is 1. The number of aromatic nitrogens is 1. The summed E-state index contributed by atoms with van der Waals surface area (Å²) in [5.74, 6) is -1.09. The Morgan fingerprint density at radius 2 is 1.85 bits per heavy atom. The molecule has 3 fully saturated rings. The Balaban J connectivity index is 1.48. The summed E-state index contributed by atoms with van der Waals surface area (Å²) in [5, 5.41) is 9.88. The number of nitrogens with zero attached hydrogens (tertiary/aromatic N) is 4. The Kier molecular flexibility index (Phi) is 9.10. The molecule has 1 aromatic rings. The first-order valence-corrected chi connectivity index (χ1v) is 15.4. The van der Waals surface area contributed by atoms with Crippen molar-refractivity contribution in [2.24, 2.45) is 11.8 Å². The van der Waals surface area contributed by atoms with E-state index in [1.165, 1.54) is 6.07 Å². The molecule has 0 bridgehead atoms. The Morgan fingerprint density at radius 1 is 1.15 bits per heavy atom. The molecule has 1 aliphatic carbocycles. The summed E-state index contributed by atoms with van der Waals surface area (Å²) in [6.45, 7) is 4.95. The number of hydrogen-bond donors (Lipinski definition) is 1. The van der Waals surface area contributed by atoms with Crippen LogP contribution in [0.25, 0.3) is 0 Å². The molecule has 1 aromatic heterocycles. The highest BCUT2D eigenvalue weighted by Gasteiger charge is 2.32. The number of anilines is 1. The first kappa shape index (κ1) is 28.8. The van der Waals surface area contributed by atoms with Crippen LogP contribution in [0.3, 0.4) is 0 Å². The second kappa shape index (κ2) is 12.3. The van der Waals surface area contributed by atoms with E-state index in [1.807, 2.05) is 4.90 Å². The maximum Gasteiger partial charge on any atom is 0.340 e. The average molecular weight is 560 g/mol. The Morgan fingerprint density at radius 3 is 2.44 bits per heavy atom. The highest BCUT2D eigenvalue weighted by atomic mass is 32.2. The van der Waals surface area contributed by atoms with Crippen LogP contribution >= 0.6 is 0 Å². The number of nitriles is 1. The van der Waals surface area contributed by atoms with Crippen molar-refractivity contribution in [3.05, 3.63) is 22.9 Å². The summed E-state index contributed by atoms with van der Waals surface area (Å²) in [4.78, 5) is 46.1. The molecular formula is C27H37N5O6S. The molecule has 1 saturated carbocycles. The van der Waals surface area contributed by atoms with Gasteiger partial charge in [0.15, 0.2) is 0 Å². The van der Waals surface area contributed by atoms with Crippen molar-refractivity contribution < 1.29 is 27.5 Å². The zero-order valence-electron chi connectivity index (χ0n) is 22.6. The van der Waals surface area contributed by atoms with E-state index in [0.29, 0.717) is 50.4 Å². The van der Waals surface area contributed by atoms with Gasteiger partial charge in [0.1, 0.15) is 11.9 Å². The molecule has 0 spiro atoms. The van der Waals surface area contributed by atoms with E-state index in [4.69, 9.17) is 9.72 Å². The van der Waals surface area contributed by atoms with Gasteiger partial charge in [-0.25, -0.2) is 18.2 Å². The molecule has 12 heteroatoms. The van der Waals surface area contributed by atoms with Crippen LogP contribution in [0.4, 0.5) is 5.82 Å². The third kappa shape index (κ3) is 7.26. The number of amides is 2. The minimum absolute atomic E-state index is 0.0130. The molecule has 212 valence electrons. The van der Waals surface area contributed by atoms with Gasteiger partial charge in [-0.3, -0.25) is 14.3 Å². The number of pyridine rings is 1. The Hall–Kier alpha value is -3.20. The quantitative estimate of drug-likeness (QED) is 0.450. The zero-order chi connectivity index (χ0) is 28.2. The molecule has 0 aromatic carbocycles. The molecule has 3 heterocycles. The number of carbonyl (C=O) groups excluding carboxylic acids is 3. The monoisotopic (exact) mass is 559 g/mol. The predicted octanol–water partition coefficient (Wildman–Crippen LogP) is 2.49. The molecule has 4 rings (SSSR count). The minimum Gasteiger partial charge on any atom is -0.459 e. The molecule has 3 aliphatic rings. The number of likely N-dealkylation sites (tertiary alicyclic amines) is 1. The van der Waals surface area contributed by atoms with E-state index in [1.54, 1.807) is 18.7 Å². The lowest BCUT2D eigenvalue weighted by molar-refractivity contribution is -0.128. The van der Waals surface area contributed by atoms with Gasteiger partial charge >= 0.3 is 5.97 Å². The van der Waals surface area contributed by atoms with Crippen LogP contribution in [-0.4, -0.2) is 67.6 Å². The second-order valence-corrected chi connectivity index (χ2v) is 12.8. The Bertz CT molecular complexity index is 1240. The van der Waals surface area contributed by atoms with Crippen LogP contribution < -0.4 is 9.62 Å². The molecule has 39 heavy (non-hydrogen) atoms. The zero-order valence-corrected chi connectivity index (χ0v) is 23.5. The number of ether oxygens (including phenoxy) is 1. The van der Waals surface area contributed by atoms with Gasteiger partial charge in [0.05, 0.1) is 35.2 Å². The summed E-state index contributed by atoms with van der Waals surface area (Å²) in [7, 11) is -3.68. The van der Waals surface area contributed by atoms with Crippen molar-refractivity contribution in [3.63, 3.8) is 0 Å². The molecule has 0 radical (unpaired) electrons. The summed E-state index contributed by atoms with van der Waals surface area (Å²) < 4.78 is 32.7. The highest BCUT2D eigenvalue weighted by molar-refractivity contribution is 7.90. The third-order valence-corrected chi connectivity index (χ3v) is 9.05. The van der Waals surface area contributed by atoms with Crippen LogP contribution in [-0.2, 0) is 30.9 Å². The number of piperidine rings is 1. The lowest BCUT2D eigenvalue weighted by Crippen LogP contribution is -2.44. The maximum absolute atomic E-state index is 12.8. The third-order valence-electron chi connectivity index (χ3n) is 7.63. The van der Waals surface area contributed by atoms with Gasteiger partial charge in [-0.1, -0.05) is 12.8 Å². The van der Waals surface area contributed by atoms with Gasteiger partial charge in [-0.05, 0) is 57.9 Å². The van der Waals surface area contributed by atoms with Crippen molar-refractivity contribution in [2.75, 3.05) is 30.3 Å². The first-order valence-electron chi connectivity index (χ1n) is 13.8. The van der Waals surface area contributed by atoms with E-state index >= 15 is 0 Å². The van der Waals surface area contributed by atoms with Gasteiger partial charge in [0.25, 0.3) is 0 Å². The van der Waals surface area contributed by atoms with E-state index in [2.05, 4.69) is 10.8 Å².